The highest BCUT2D eigenvalue weighted by Gasteiger charge is 2.36. The normalized spacial score (nSPS) is 21.7. The highest BCUT2D eigenvalue weighted by atomic mass is 16.5. The van der Waals surface area contributed by atoms with Crippen LogP contribution in [-0.2, 0) is 20.0 Å². The molecule has 0 radical (unpaired) electrons. The first-order valence-corrected chi connectivity index (χ1v) is 8.37. The van der Waals surface area contributed by atoms with E-state index < -0.39 is 0 Å². The zero-order valence-electron chi connectivity index (χ0n) is 13.8. The molecule has 2 aliphatic rings. The summed E-state index contributed by atoms with van der Waals surface area (Å²) in [5.74, 6) is 0.620. The monoisotopic (exact) mass is 313 g/mol. The highest BCUT2D eigenvalue weighted by Crippen LogP contribution is 2.32. The molecule has 1 fully saturated rings. The first-order valence-electron chi connectivity index (χ1n) is 8.37. The van der Waals surface area contributed by atoms with Gasteiger partial charge in [-0.3, -0.25) is 9.88 Å². The highest BCUT2D eigenvalue weighted by molar-refractivity contribution is 5.19. The van der Waals surface area contributed by atoms with E-state index in [0.29, 0.717) is 24.6 Å². The second-order valence-electron chi connectivity index (χ2n) is 6.67. The van der Waals surface area contributed by atoms with E-state index in [1.807, 2.05) is 13.3 Å². The minimum atomic E-state index is 0.380. The summed E-state index contributed by atoms with van der Waals surface area (Å²) in [6, 6.07) is 1.06. The first-order chi connectivity index (χ1) is 11.2. The number of aromatic nitrogens is 4. The Hall–Kier alpha value is -1.95. The maximum Gasteiger partial charge on any atom is 0.232 e. The van der Waals surface area contributed by atoms with Crippen LogP contribution in [-0.4, -0.2) is 43.1 Å². The molecule has 0 unspecified atom stereocenters. The maximum absolute atomic E-state index is 5.96. The van der Waals surface area contributed by atoms with Crippen molar-refractivity contribution in [2.45, 2.75) is 51.2 Å². The topological polar surface area (TPSA) is 56.1 Å². The standard InChI is InChI=1S/C17H23N5O/c1-12-7-18-8-17(20-12)23-10-14-6-16-15(19-11-21(16)2)9-22(14)13-4-3-5-13/h7-8,11,13-14H,3-6,9-10H2,1-2H3/t14-/m0/s1. The van der Waals surface area contributed by atoms with Gasteiger partial charge in [0.15, 0.2) is 0 Å². The zero-order valence-corrected chi connectivity index (χ0v) is 13.8. The van der Waals surface area contributed by atoms with E-state index in [1.165, 1.54) is 30.7 Å². The number of hydrogen-bond donors (Lipinski definition) is 0. The number of fused-ring (bicyclic) bond motifs is 1. The van der Waals surface area contributed by atoms with E-state index in [9.17, 15) is 0 Å². The molecule has 2 aromatic rings. The fraction of sp³-hybridized carbons (Fsp3) is 0.588. The summed E-state index contributed by atoms with van der Waals surface area (Å²) < 4.78 is 8.11. The molecule has 1 saturated carbocycles. The molecule has 0 N–H and O–H groups in total. The molecular weight excluding hydrogens is 290 g/mol. The van der Waals surface area contributed by atoms with Gasteiger partial charge < -0.3 is 9.30 Å². The van der Waals surface area contributed by atoms with Crippen molar-refractivity contribution in [3.05, 3.63) is 35.8 Å². The lowest BCUT2D eigenvalue weighted by Gasteiger charge is -2.44. The van der Waals surface area contributed by atoms with E-state index in [-0.39, 0.29) is 0 Å². The van der Waals surface area contributed by atoms with E-state index in [2.05, 4.69) is 31.5 Å². The number of aryl methyl sites for hydroxylation is 2. The molecule has 0 spiro atoms. The molecular formula is C17H23N5O. The summed E-state index contributed by atoms with van der Waals surface area (Å²) >= 11 is 0. The van der Waals surface area contributed by atoms with Crippen molar-refractivity contribution in [1.29, 1.82) is 0 Å². The van der Waals surface area contributed by atoms with E-state index in [0.717, 1.165) is 18.7 Å². The van der Waals surface area contributed by atoms with Gasteiger partial charge in [-0.2, -0.15) is 0 Å². The third-order valence-corrected chi connectivity index (χ3v) is 5.08. The molecule has 0 amide bonds. The van der Waals surface area contributed by atoms with Gasteiger partial charge in [0.05, 0.1) is 30.0 Å². The quantitative estimate of drug-likeness (QED) is 0.862. The van der Waals surface area contributed by atoms with Gasteiger partial charge >= 0.3 is 0 Å². The molecule has 1 atom stereocenters. The van der Waals surface area contributed by atoms with Gasteiger partial charge in [-0.05, 0) is 19.8 Å². The van der Waals surface area contributed by atoms with Gasteiger partial charge in [-0.25, -0.2) is 9.97 Å². The Balaban J connectivity index is 1.51. The summed E-state index contributed by atoms with van der Waals surface area (Å²) in [5.41, 5.74) is 3.45. The predicted octanol–water partition coefficient (Wildman–Crippen LogP) is 1.88. The molecule has 0 saturated heterocycles. The molecule has 23 heavy (non-hydrogen) atoms. The largest absolute Gasteiger partial charge is 0.475 e. The Bertz CT molecular complexity index is 694. The lowest BCUT2D eigenvalue weighted by atomic mass is 9.88. The minimum absolute atomic E-state index is 0.380. The molecule has 6 heteroatoms. The number of nitrogens with zero attached hydrogens (tertiary/aromatic N) is 5. The lowest BCUT2D eigenvalue weighted by Crippen LogP contribution is -2.52. The Morgan fingerprint density at radius 1 is 1.30 bits per heavy atom. The molecule has 2 aromatic heterocycles. The average Bonchev–Trinajstić information content (AvgIpc) is 2.84. The van der Waals surface area contributed by atoms with E-state index in [1.54, 1.807) is 12.4 Å². The van der Waals surface area contributed by atoms with Gasteiger partial charge in [-0.15, -0.1) is 0 Å². The molecule has 1 aliphatic heterocycles. The molecule has 6 nitrogen and oxygen atoms in total. The SMILES string of the molecule is Cc1cncc(OC[C@@H]2Cc3c(ncn3C)CN2C2CCC2)n1. The smallest absolute Gasteiger partial charge is 0.232 e. The second-order valence-corrected chi connectivity index (χ2v) is 6.67. The van der Waals surface area contributed by atoms with Crippen molar-refractivity contribution < 1.29 is 4.74 Å². The van der Waals surface area contributed by atoms with Crippen LogP contribution in [0.1, 0.15) is 36.3 Å². The van der Waals surface area contributed by atoms with Crippen LogP contribution in [0.4, 0.5) is 0 Å². The fourth-order valence-corrected chi connectivity index (χ4v) is 3.53. The predicted molar refractivity (Wildman–Crippen MR) is 86.1 cm³/mol. The Kier molecular flexibility index (Phi) is 3.77. The van der Waals surface area contributed by atoms with Crippen LogP contribution in [0, 0.1) is 6.92 Å². The zero-order chi connectivity index (χ0) is 15.8. The van der Waals surface area contributed by atoms with E-state index in [4.69, 9.17) is 4.74 Å². The fourth-order valence-electron chi connectivity index (χ4n) is 3.53. The third kappa shape index (κ3) is 2.83. The van der Waals surface area contributed by atoms with Crippen molar-refractivity contribution in [2.24, 2.45) is 7.05 Å². The Morgan fingerprint density at radius 2 is 2.17 bits per heavy atom. The molecule has 0 bridgehead atoms. The van der Waals surface area contributed by atoms with Crippen LogP contribution in [0.25, 0.3) is 0 Å². The van der Waals surface area contributed by atoms with Crippen LogP contribution in [0.3, 0.4) is 0 Å². The Labute approximate surface area is 136 Å². The summed E-state index contributed by atoms with van der Waals surface area (Å²) in [7, 11) is 2.08. The number of ether oxygens (including phenoxy) is 1. The molecule has 122 valence electrons. The summed E-state index contributed by atoms with van der Waals surface area (Å²) in [6.07, 6.45) is 10.3. The summed E-state index contributed by atoms with van der Waals surface area (Å²) in [5, 5.41) is 0. The summed E-state index contributed by atoms with van der Waals surface area (Å²) in [4.78, 5) is 15.7. The molecule has 4 rings (SSSR count). The van der Waals surface area contributed by atoms with Crippen molar-refractivity contribution in [3.8, 4) is 5.88 Å². The number of hydrogen-bond acceptors (Lipinski definition) is 5. The minimum Gasteiger partial charge on any atom is -0.475 e. The van der Waals surface area contributed by atoms with Gasteiger partial charge in [0.1, 0.15) is 6.61 Å². The first kappa shape index (κ1) is 14.6. The van der Waals surface area contributed by atoms with Crippen LogP contribution >= 0.6 is 0 Å². The van der Waals surface area contributed by atoms with Crippen molar-refractivity contribution in [2.75, 3.05) is 6.61 Å². The lowest BCUT2D eigenvalue weighted by molar-refractivity contribution is 0.0343. The Morgan fingerprint density at radius 3 is 2.91 bits per heavy atom. The van der Waals surface area contributed by atoms with Crippen LogP contribution in [0.15, 0.2) is 18.7 Å². The van der Waals surface area contributed by atoms with Gasteiger partial charge in [0.2, 0.25) is 5.88 Å². The summed E-state index contributed by atoms with van der Waals surface area (Å²) in [6.45, 7) is 3.52. The van der Waals surface area contributed by atoms with Crippen molar-refractivity contribution in [1.82, 2.24) is 24.4 Å². The van der Waals surface area contributed by atoms with Crippen LogP contribution < -0.4 is 4.74 Å². The van der Waals surface area contributed by atoms with Gasteiger partial charge in [0, 0.05) is 37.9 Å². The van der Waals surface area contributed by atoms with Crippen molar-refractivity contribution >= 4 is 0 Å². The molecule has 0 aromatic carbocycles. The van der Waals surface area contributed by atoms with Gasteiger partial charge in [0.25, 0.3) is 0 Å². The van der Waals surface area contributed by atoms with E-state index >= 15 is 0 Å². The third-order valence-electron chi connectivity index (χ3n) is 5.08. The van der Waals surface area contributed by atoms with Crippen molar-refractivity contribution in [3.63, 3.8) is 0 Å². The molecule has 3 heterocycles. The number of rotatable bonds is 4. The maximum atomic E-state index is 5.96. The average molecular weight is 313 g/mol. The van der Waals surface area contributed by atoms with Gasteiger partial charge in [-0.1, -0.05) is 6.42 Å². The second kappa shape index (κ2) is 5.92. The molecule has 1 aliphatic carbocycles. The van der Waals surface area contributed by atoms with Crippen LogP contribution in [0.5, 0.6) is 5.88 Å². The number of imidazole rings is 1. The van der Waals surface area contributed by atoms with Crippen LogP contribution in [0.2, 0.25) is 0 Å².